The van der Waals surface area contributed by atoms with Gasteiger partial charge in [-0.3, -0.25) is 33.2 Å². The predicted octanol–water partition coefficient (Wildman–Crippen LogP) is 2.20. The minimum absolute atomic E-state index is 0.0848. The van der Waals surface area contributed by atoms with E-state index in [-0.39, 0.29) is 45.7 Å². The number of ketones is 1. The first kappa shape index (κ1) is 36.8. The molecule has 2 saturated heterocycles. The van der Waals surface area contributed by atoms with Crippen LogP contribution in [0, 0.1) is 6.92 Å². The third-order valence-corrected chi connectivity index (χ3v) is 9.15. The van der Waals surface area contributed by atoms with Crippen LogP contribution < -0.4 is 20.9 Å². The Morgan fingerprint density at radius 1 is 1.00 bits per heavy atom. The number of rotatable bonds is 11. The van der Waals surface area contributed by atoms with Crippen molar-refractivity contribution in [3.8, 4) is 11.1 Å². The van der Waals surface area contributed by atoms with Crippen LogP contribution in [0.15, 0.2) is 46.5 Å². The molecule has 4 heterocycles. The number of carbonyl (C=O) groups excluding carboxylic acids is 3. The van der Waals surface area contributed by atoms with Gasteiger partial charge in [-0.05, 0) is 47.1 Å². The van der Waals surface area contributed by atoms with E-state index in [4.69, 9.17) is 23.1 Å². The molecule has 276 valence electrons. The average Bonchev–Trinajstić information content (AvgIpc) is 3.72. The summed E-state index contributed by atoms with van der Waals surface area (Å²) < 4.78 is 57.6. The summed E-state index contributed by atoms with van der Waals surface area (Å²) in [5.74, 6) is -2.54. The molecule has 0 radical (unpaired) electrons. The highest BCUT2D eigenvalue weighted by Crippen LogP contribution is 2.44. The number of benzene rings is 1. The molecule has 0 spiro atoms. The van der Waals surface area contributed by atoms with Gasteiger partial charge >= 0.3 is 16.4 Å². The number of hydrogen-bond donors (Lipinski definition) is 2. The van der Waals surface area contributed by atoms with E-state index in [0.29, 0.717) is 0 Å². The summed E-state index contributed by atoms with van der Waals surface area (Å²) in [6.07, 6.45) is -2.58. The van der Waals surface area contributed by atoms with Crippen LogP contribution in [0.25, 0.3) is 22.3 Å². The first-order chi connectivity index (χ1) is 24.3. The van der Waals surface area contributed by atoms with Gasteiger partial charge in [-0.15, -0.1) is 0 Å². The second-order valence-electron chi connectivity index (χ2n) is 13.7. The molecular formula is C33H36N6O12S. The van der Waals surface area contributed by atoms with Crippen LogP contribution in [0.4, 0.5) is 10.6 Å². The maximum absolute atomic E-state index is 13.0. The van der Waals surface area contributed by atoms with Gasteiger partial charge in [0.25, 0.3) is 0 Å². The highest BCUT2D eigenvalue weighted by Gasteiger charge is 2.56. The molecule has 2 aromatic carbocycles. The average molecular weight is 741 g/mol. The lowest BCUT2D eigenvalue weighted by molar-refractivity contribution is -0.198. The molecule has 0 aliphatic carbocycles. The lowest BCUT2D eigenvalue weighted by atomic mass is 9.89. The van der Waals surface area contributed by atoms with E-state index < -0.39 is 87.9 Å². The van der Waals surface area contributed by atoms with Crippen LogP contribution in [0.2, 0.25) is 0 Å². The van der Waals surface area contributed by atoms with Crippen molar-refractivity contribution < 1.29 is 45.9 Å². The van der Waals surface area contributed by atoms with E-state index in [0.717, 1.165) is 0 Å². The molecule has 52 heavy (non-hydrogen) atoms. The van der Waals surface area contributed by atoms with Gasteiger partial charge in [0.15, 0.2) is 34.8 Å². The van der Waals surface area contributed by atoms with Crippen LogP contribution in [0.1, 0.15) is 69.6 Å². The number of hydrogen-bond acceptors (Lipinski definition) is 15. The molecule has 0 bridgehead atoms. The normalized spacial score (nSPS) is 21.3. The fraction of sp³-hybridized carbons (Fsp3) is 0.455. The van der Waals surface area contributed by atoms with Gasteiger partial charge in [0.1, 0.15) is 30.2 Å². The number of fused-ring (bicyclic) bond motifs is 2. The highest BCUT2D eigenvalue weighted by molar-refractivity contribution is 7.85. The van der Waals surface area contributed by atoms with Crippen molar-refractivity contribution in [1.29, 1.82) is 0 Å². The molecule has 2 aromatic heterocycles. The topological polar surface area (TPSA) is 233 Å². The van der Waals surface area contributed by atoms with Crippen molar-refractivity contribution in [3.05, 3.63) is 68.5 Å². The molecule has 6 rings (SSSR count). The molecule has 2 aliphatic rings. The largest absolute Gasteiger partial charge is 0.444 e. The molecule has 19 heteroatoms. The zero-order chi connectivity index (χ0) is 37.7. The van der Waals surface area contributed by atoms with E-state index in [1.807, 2.05) is 0 Å². The van der Waals surface area contributed by atoms with Gasteiger partial charge in [0, 0.05) is 29.5 Å². The zero-order valence-corrected chi connectivity index (χ0v) is 29.8. The van der Waals surface area contributed by atoms with Gasteiger partial charge < -0.3 is 18.9 Å². The molecule has 4 atom stereocenters. The van der Waals surface area contributed by atoms with Crippen LogP contribution in [-0.4, -0.2) is 82.0 Å². The lowest BCUT2D eigenvalue weighted by Gasteiger charge is -2.24. The Morgan fingerprint density at radius 2 is 1.71 bits per heavy atom. The third kappa shape index (κ3) is 7.49. The molecule has 2 fully saturated rings. The Balaban J connectivity index is 1.10. The maximum Gasteiger partial charge on any atom is 0.413 e. The standard InChI is InChI=1S/C33H36N6O12S/c1-16-22(25(43)24(16)42)18-10-8-7-9-17(18)19(40)11-12-21(41)38-52(45,46)47-13-20-26-27(50-33(5,6)49-26)30(48-20)39-15-36-23-28(34-14-35-29(23)39)37-31(44)51-32(2,3)4/h7-10,14-15,20,26-27,30H,11-13H2,1-6H3,(H,38,41)(H,34,35,37,44)/t20-,26-,27-,30-/m1/s1. The van der Waals surface area contributed by atoms with Crippen LogP contribution >= 0.6 is 0 Å². The Labute approximate surface area is 296 Å². The van der Waals surface area contributed by atoms with Gasteiger partial charge in [0.2, 0.25) is 16.8 Å². The molecule has 0 unspecified atom stereocenters. The fourth-order valence-corrected chi connectivity index (χ4v) is 6.81. The predicted molar refractivity (Wildman–Crippen MR) is 181 cm³/mol. The van der Waals surface area contributed by atoms with Crippen molar-refractivity contribution in [1.82, 2.24) is 24.2 Å². The number of amides is 2. The molecule has 4 aromatic rings. The van der Waals surface area contributed by atoms with Crippen molar-refractivity contribution in [3.63, 3.8) is 0 Å². The molecule has 18 nitrogen and oxygen atoms in total. The number of aromatic nitrogens is 4. The van der Waals surface area contributed by atoms with E-state index >= 15 is 0 Å². The molecular weight excluding hydrogens is 704 g/mol. The number of nitrogens with zero attached hydrogens (tertiary/aromatic N) is 4. The van der Waals surface area contributed by atoms with E-state index in [1.165, 1.54) is 36.3 Å². The number of ether oxygens (including phenoxy) is 4. The highest BCUT2D eigenvalue weighted by atomic mass is 32.2. The Morgan fingerprint density at radius 3 is 2.42 bits per heavy atom. The summed E-state index contributed by atoms with van der Waals surface area (Å²) in [5.41, 5.74) is -0.821. The van der Waals surface area contributed by atoms with E-state index in [2.05, 4.69) is 20.3 Å². The van der Waals surface area contributed by atoms with Gasteiger partial charge in [0.05, 0.1) is 12.9 Å². The molecule has 2 N–H and O–H groups in total. The Bertz CT molecular complexity index is 2250. The first-order valence-corrected chi connectivity index (χ1v) is 17.6. The van der Waals surface area contributed by atoms with E-state index in [1.54, 1.807) is 51.5 Å². The molecule has 2 amide bonds. The molecule has 2 aliphatic heterocycles. The quantitative estimate of drug-likeness (QED) is 0.166. The zero-order valence-electron chi connectivity index (χ0n) is 29.0. The Kier molecular flexibility index (Phi) is 9.60. The second kappa shape index (κ2) is 13.6. The smallest absolute Gasteiger partial charge is 0.413 e. The summed E-state index contributed by atoms with van der Waals surface area (Å²) in [5, 5.41) is 2.56. The summed E-state index contributed by atoms with van der Waals surface area (Å²) in [7, 11) is -4.68. The summed E-state index contributed by atoms with van der Waals surface area (Å²) in [4.78, 5) is 74.6. The van der Waals surface area contributed by atoms with Gasteiger partial charge in [-0.25, -0.2) is 24.5 Å². The number of anilines is 1. The number of Topliss-reactive ketones (excluding diaryl/α,β-unsaturated/α-hetero) is 1. The summed E-state index contributed by atoms with van der Waals surface area (Å²) in [6, 6.07) is 6.17. The van der Waals surface area contributed by atoms with Crippen LogP contribution in [-0.2, 0) is 38.2 Å². The number of carbonyl (C=O) groups is 3. The van der Waals surface area contributed by atoms with Crippen LogP contribution in [0.3, 0.4) is 0 Å². The summed E-state index contributed by atoms with van der Waals surface area (Å²) >= 11 is 0. The van der Waals surface area contributed by atoms with Crippen molar-refractivity contribution >= 4 is 45.1 Å². The maximum atomic E-state index is 13.0. The van der Waals surface area contributed by atoms with Crippen molar-refractivity contribution in [2.24, 2.45) is 0 Å². The SMILES string of the molecule is Cc1c(-c2ccccc2C(=O)CCC(=O)NS(=O)(=O)OC[C@H]2O[C@@H](n3cnc4c(NC(=O)OC(C)(C)C)ncnc43)[C@@H]3OC(C)(C)O[C@@H]32)c(=O)c1=O. The van der Waals surface area contributed by atoms with E-state index in [9.17, 15) is 32.4 Å². The summed E-state index contributed by atoms with van der Waals surface area (Å²) in [6.45, 7) is 9.40. The monoisotopic (exact) mass is 740 g/mol. The Hall–Kier alpha value is -4.95. The number of nitrogens with one attached hydrogen (secondary N) is 2. The van der Waals surface area contributed by atoms with Gasteiger partial charge in [-0.1, -0.05) is 24.3 Å². The fourth-order valence-electron chi connectivity index (χ4n) is 6.06. The third-order valence-electron chi connectivity index (χ3n) is 8.23. The first-order valence-electron chi connectivity index (χ1n) is 16.2. The second-order valence-corrected chi connectivity index (χ2v) is 15.0. The van der Waals surface area contributed by atoms with Gasteiger partial charge in [-0.2, -0.15) is 8.42 Å². The van der Waals surface area contributed by atoms with Crippen LogP contribution in [0.5, 0.6) is 0 Å². The lowest BCUT2D eigenvalue weighted by Crippen LogP contribution is -2.37. The van der Waals surface area contributed by atoms with Crippen molar-refractivity contribution in [2.45, 2.75) is 90.3 Å². The minimum Gasteiger partial charge on any atom is -0.444 e. The number of imidazole rings is 1. The minimum atomic E-state index is -4.68. The van der Waals surface area contributed by atoms with Crippen molar-refractivity contribution in [2.75, 3.05) is 11.9 Å². The molecule has 0 saturated carbocycles.